The lowest BCUT2D eigenvalue weighted by Crippen LogP contribution is -2.50. The van der Waals surface area contributed by atoms with Crippen molar-refractivity contribution in [3.8, 4) is 23.1 Å². The van der Waals surface area contributed by atoms with E-state index in [4.69, 9.17) is 14.2 Å². The summed E-state index contributed by atoms with van der Waals surface area (Å²) in [7, 11) is 0.210. The molecule has 0 aliphatic carbocycles. The molecule has 11 nitrogen and oxygen atoms in total. The number of rotatable bonds is 15. The highest BCUT2D eigenvalue weighted by Crippen LogP contribution is 2.37. The van der Waals surface area contributed by atoms with E-state index in [1.165, 1.54) is 56.1 Å². The van der Waals surface area contributed by atoms with Gasteiger partial charge in [0.15, 0.2) is 11.5 Å². The van der Waals surface area contributed by atoms with E-state index in [1.807, 2.05) is 44.2 Å². The largest absolute Gasteiger partial charge is 0.502 e. The van der Waals surface area contributed by atoms with Gasteiger partial charge in [0.05, 0.1) is 39.7 Å². The van der Waals surface area contributed by atoms with Gasteiger partial charge in [0.1, 0.15) is 4.90 Å². The number of pyridine rings is 1. The number of aromatic nitrogens is 1. The first kappa shape index (κ1) is 33.4. The molecule has 0 aliphatic rings. The molecule has 0 aliphatic heterocycles. The fraction of sp³-hybridized carbons (Fsp3) is 0.355. The SMILES string of the molecule is COc1ccc(S(=O)(=O)N(CC(C)C)C[C@@H](O)[C@H](Cc2ccccc2)NC(=O)/C=C/c2cc(OC)c(O)c(OC)c2)cn1. The van der Waals surface area contributed by atoms with Crippen molar-refractivity contribution in [3.63, 3.8) is 0 Å². The molecule has 0 saturated carbocycles. The van der Waals surface area contributed by atoms with Crippen LogP contribution in [0.4, 0.5) is 0 Å². The van der Waals surface area contributed by atoms with Crippen molar-refractivity contribution in [1.29, 1.82) is 0 Å². The van der Waals surface area contributed by atoms with Crippen molar-refractivity contribution in [3.05, 3.63) is 78.0 Å². The van der Waals surface area contributed by atoms with Crippen LogP contribution in [0.1, 0.15) is 25.0 Å². The van der Waals surface area contributed by atoms with Crippen LogP contribution in [-0.4, -0.2) is 80.4 Å². The van der Waals surface area contributed by atoms with Crippen LogP contribution in [-0.2, 0) is 21.2 Å². The number of benzene rings is 2. The predicted molar refractivity (Wildman–Crippen MR) is 163 cm³/mol. The lowest BCUT2D eigenvalue weighted by Gasteiger charge is -2.30. The van der Waals surface area contributed by atoms with Crippen LogP contribution in [0, 0.1) is 5.92 Å². The van der Waals surface area contributed by atoms with E-state index in [2.05, 4.69) is 10.3 Å². The minimum atomic E-state index is -4.03. The molecular formula is C31H39N3O8S. The molecule has 12 heteroatoms. The molecule has 0 saturated heterocycles. The molecule has 0 bridgehead atoms. The number of hydrogen-bond acceptors (Lipinski definition) is 9. The van der Waals surface area contributed by atoms with Gasteiger partial charge >= 0.3 is 0 Å². The van der Waals surface area contributed by atoms with Gasteiger partial charge in [-0.05, 0) is 47.7 Å². The third-order valence-corrected chi connectivity index (χ3v) is 8.35. The molecule has 0 fully saturated rings. The zero-order valence-corrected chi connectivity index (χ0v) is 25.7. The Morgan fingerprint density at radius 1 is 1.00 bits per heavy atom. The summed E-state index contributed by atoms with van der Waals surface area (Å²) in [6.07, 6.45) is 3.00. The van der Waals surface area contributed by atoms with E-state index in [0.717, 1.165) is 5.56 Å². The number of aliphatic hydroxyl groups is 1. The summed E-state index contributed by atoms with van der Waals surface area (Å²) in [5, 5.41) is 24.4. The number of nitrogens with zero attached hydrogens (tertiary/aromatic N) is 2. The van der Waals surface area contributed by atoms with E-state index in [9.17, 15) is 23.4 Å². The van der Waals surface area contributed by atoms with Crippen LogP contribution in [0.3, 0.4) is 0 Å². The van der Waals surface area contributed by atoms with E-state index < -0.39 is 28.1 Å². The van der Waals surface area contributed by atoms with Crippen molar-refractivity contribution in [2.24, 2.45) is 5.92 Å². The minimum absolute atomic E-state index is 0.0347. The second-order valence-corrected chi connectivity index (χ2v) is 12.2. The molecule has 232 valence electrons. The number of sulfonamides is 1. The Morgan fingerprint density at radius 2 is 1.65 bits per heavy atom. The number of hydrogen-bond donors (Lipinski definition) is 3. The Kier molecular flexibility index (Phi) is 11.9. The predicted octanol–water partition coefficient (Wildman–Crippen LogP) is 3.26. The highest BCUT2D eigenvalue weighted by Gasteiger charge is 2.31. The molecule has 0 spiro atoms. The van der Waals surface area contributed by atoms with E-state index in [1.54, 1.807) is 12.1 Å². The Morgan fingerprint density at radius 3 is 2.19 bits per heavy atom. The summed E-state index contributed by atoms with van der Waals surface area (Å²) in [5.74, 6) is -0.0898. The lowest BCUT2D eigenvalue weighted by atomic mass is 10.0. The van der Waals surface area contributed by atoms with E-state index in [-0.39, 0.29) is 53.5 Å². The zero-order valence-electron chi connectivity index (χ0n) is 24.9. The number of carbonyl (C=O) groups excluding carboxylic acids is 1. The molecule has 3 rings (SSSR count). The van der Waals surface area contributed by atoms with Crippen LogP contribution < -0.4 is 19.5 Å². The van der Waals surface area contributed by atoms with Crippen LogP contribution in [0.25, 0.3) is 6.08 Å². The van der Waals surface area contributed by atoms with Gasteiger partial charge in [-0.1, -0.05) is 44.2 Å². The average Bonchev–Trinajstić information content (AvgIpc) is 3.00. The van der Waals surface area contributed by atoms with Gasteiger partial charge < -0.3 is 29.7 Å². The smallest absolute Gasteiger partial charge is 0.244 e. The number of phenolic OH excluding ortho intramolecular Hbond substituents is 1. The van der Waals surface area contributed by atoms with Gasteiger partial charge in [-0.25, -0.2) is 13.4 Å². The fourth-order valence-corrected chi connectivity index (χ4v) is 5.93. The first-order chi connectivity index (χ1) is 20.5. The molecule has 3 N–H and O–H groups in total. The number of carbonyl (C=O) groups is 1. The molecule has 3 aromatic rings. The monoisotopic (exact) mass is 613 g/mol. The standard InChI is InChI=1S/C31H39N3O8S/c1-21(2)19-34(43(38,39)24-12-14-30(42-5)32-18-24)20-26(35)25(15-22-9-7-6-8-10-22)33-29(36)13-11-23-16-27(40-3)31(37)28(17-23)41-4/h6-14,16-18,21,25-26,35,37H,15,19-20H2,1-5H3,(H,33,36)/b13-11+/t25-,26+/m0/s1. The Bertz CT molecular complexity index is 1450. The summed E-state index contributed by atoms with van der Waals surface area (Å²) in [6, 6.07) is 14.4. The number of aromatic hydroxyl groups is 1. The van der Waals surface area contributed by atoms with Gasteiger partial charge in [0, 0.05) is 25.2 Å². The van der Waals surface area contributed by atoms with Crippen molar-refractivity contribution >= 4 is 22.0 Å². The quantitative estimate of drug-likeness (QED) is 0.220. The minimum Gasteiger partial charge on any atom is -0.502 e. The van der Waals surface area contributed by atoms with Gasteiger partial charge in [-0.2, -0.15) is 4.31 Å². The number of ether oxygens (including phenoxy) is 3. The van der Waals surface area contributed by atoms with Gasteiger partial charge in [0.2, 0.25) is 27.6 Å². The summed E-state index contributed by atoms with van der Waals surface area (Å²) in [5.41, 5.74) is 1.38. The molecule has 2 aromatic carbocycles. The third kappa shape index (κ3) is 9.18. The second-order valence-electron chi connectivity index (χ2n) is 10.2. The van der Waals surface area contributed by atoms with Crippen molar-refractivity contribution < 1.29 is 37.6 Å². The molecule has 1 aromatic heterocycles. The number of nitrogens with one attached hydrogen (secondary N) is 1. The summed E-state index contributed by atoms with van der Waals surface area (Å²) in [6.45, 7) is 3.63. The van der Waals surface area contributed by atoms with Crippen molar-refractivity contribution in [2.75, 3.05) is 34.4 Å². The van der Waals surface area contributed by atoms with E-state index >= 15 is 0 Å². The highest BCUT2D eigenvalue weighted by molar-refractivity contribution is 7.89. The highest BCUT2D eigenvalue weighted by atomic mass is 32.2. The number of aliphatic hydroxyl groups excluding tert-OH is 1. The Balaban J connectivity index is 1.86. The van der Waals surface area contributed by atoms with Crippen molar-refractivity contribution in [1.82, 2.24) is 14.6 Å². The third-order valence-electron chi connectivity index (χ3n) is 6.54. The van der Waals surface area contributed by atoms with Crippen LogP contribution >= 0.6 is 0 Å². The summed E-state index contributed by atoms with van der Waals surface area (Å²) in [4.78, 5) is 17.1. The van der Waals surface area contributed by atoms with Gasteiger partial charge in [0.25, 0.3) is 0 Å². The number of methoxy groups -OCH3 is 3. The molecule has 0 radical (unpaired) electrons. The molecule has 0 unspecified atom stereocenters. The first-order valence-corrected chi connectivity index (χ1v) is 15.1. The molecule has 43 heavy (non-hydrogen) atoms. The van der Waals surface area contributed by atoms with Crippen molar-refractivity contribution in [2.45, 2.75) is 37.3 Å². The summed E-state index contributed by atoms with van der Waals surface area (Å²) >= 11 is 0. The number of phenols is 1. The summed E-state index contributed by atoms with van der Waals surface area (Å²) < 4.78 is 43.8. The maximum Gasteiger partial charge on any atom is 0.244 e. The maximum atomic E-state index is 13.6. The van der Waals surface area contributed by atoms with Crippen LogP contribution in [0.2, 0.25) is 0 Å². The molecule has 1 heterocycles. The Labute approximate surface area is 252 Å². The second kappa shape index (κ2) is 15.4. The maximum absolute atomic E-state index is 13.6. The first-order valence-electron chi connectivity index (χ1n) is 13.6. The molecular weight excluding hydrogens is 574 g/mol. The average molecular weight is 614 g/mol. The molecule has 2 atom stereocenters. The van der Waals surface area contributed by atoms with E-state index in [0.29, 0.717) is 5.56 Å². The zero-order chi connectivity index (χ0) is 31.6. The Hall–Kier alpha value is -4.13. The van der Waals surface area contributed by atoms with Crippen LogP contribution in [0.5, 0.6) is 23.1 Å². The van der Waals surface area contributed by atoms with Gasteiger partial charge in [-0.15, -0.1) is 0 Å². The molecule has 1 amide bonds. The lowest BCUT2D eigenvalue weighted by molar-refractivity contribution is -0.118. The fourth-order valence-electron chi connectivity index (χ4n) is 4.37. The number of amides is 1. The topological polar surface area (TPSA) is 148 Å². The van der Waals surface area contributed by atoms with Gasteiger partial charge in [-0.3, -0.25) is 4.79 Å². The normalized spacial score (nSPS) is 13.2. The van der Waals surface area contributed by atoms with Crippen LogP contribution in [0.15, 0.2) is 71.8 Å².